The Morgan fingerprint density at radius 1 is 0.969 bits per heavy atom. The Bertz CT molecular complexity index is 1450. The third kappa shape index (κ3) is 3.81. The molecule has 158 valence electrons. The van der Waals surface area contributed by atoms with Gasteiger partial charge in [-0.2, -0.15) is 0 Å². The van der Waals surface area contributed by atoms with Gasteiger partial charge < -0.3 is 14.1 Å². The number of H-pyrrole nitrogens is 1. The minimum atomic E-state index is -0.0538. The van der Waals surface area contributed by atoms with Crippen LogP contribution in [0.1, 0.15) is 16.7 Å². The van der Waals surface area contributed by atoms with Gasteiger partial charge in [0.05, 0.1) is 11.7 Å². The molecule has 2 heterocycles. The number of hydrogen-bond donors (Lipinski definition) is 1. The van der Waals surface area contributed by atoms with E-state index in [2.05, 4.69) is 9.97 Å². The molecular weight excluding hydrogens is 400 g/mol. The minimum Gasteiger partial charge on any atom is -0.489 e. The molecule has 0 atom stereocenters. The van der Waals surface area contributed by atoms with Crippen LogP contribution in [0.5, 0.6) is 5.75 Å². The van der Waals surface area contributed by atoms with Gasteiger partial charge in [0.1, 0.15) is 12.4 Å². The smallest absolute Gasteiger partial charge is 0.190 e. The average molecular weight is 422 g/mol. The zero-order chi connectivity index (χ0) is 22.1. The number of aromatic nitrogens is 2. The van der Waals surface area contributed by atoms with Crippen molar-refractivity contribution in [2.45, 2.75) is 20.5 Å². The maximum absolute atomic E-state index is 13.0. The van der Waals surface area contributed by atoms with Crippen molar-refractivity contribution in [3.05, 3.63) is 106 Å². The fourth-order valence-corrected chi connectivity index (χ4v) is 3.83. The molecule has 32 heavy (non-hydrogen) atoms. The highest BCUT2D eigenvalue weighted by Crippen LogP contribution is 2.29. The lowest BCUT2D eigenvalue weighted by atomic mass is 10.0. The molecule has 0 unspecified atom stereocenters. The summed E-state index contributed by atoms with van der Waals surface area (Å²) in [6.45, 7) is 4.49. The molecule has 5 heteroatoms. The molecule has 5 aromatic rings. The van der Waals surface area contributed by atoms with Crippen LogP contribution >= 0.6 is 0 Å². The van der Waals surface area contributed by atoms with Crippen molar-refractivity contribution in [2.75, 3.05) is 0 Å². The maximum Gasteiger partial charge on any atom is 0.190 e. The van der Waals surface area contributed by atoms with E-state index in [0.29, 0.717) is 17.8 Å². The number of nitrogens with one attached hydrogen (secondary N) is 1. The summed E-state index contributed by atoms with van der Waals surface area (Å²) < 4.78 is 11.5. The first-order chi connectivity index (χ1) is 15.6. The van der Waals surface area contributed by atoms with Gasteiger partial charge in [0, 0.05) is 28.3 Å². The van der Waals surface area contributed by atoms with E-state index in [0.717, 1.165) is 44.8 Å². The Morgan fingerprint density at radius 2 is 1.81 bits per heavy atom. The molecule has 1 N–H and O–H groups in total. The SMILES string of the molecule is Cc1ccc(-c2cc(=O)c3cc(-c4cnco4)c(C)cc3[nH]2)cc1OCc1ccccc1. The first kappa shape index (κ1) is 19.8. The van der Waals surface area contributed by atoms with Gasteiger partial charge in [-0.15, -0.1) is 0 Å². The molecular formula is C27H22N2O3. The quantitative estimate of drug-likeness (QED) is 0.375. The van der Waals surface area contributed by atoms with E-state index in [4.69, 9.17) is 9.15 Å². The highest BCUT2D eigenvalue weighted by atomic mass is 16.5. The molecule has 0 saturated heterocycles. The van der Waals surface area contributed by atoms with Crippen LogP contribution in [0.15, 0.2) is 88.5 Å². The van der Waals surface area contributed by atoms with Gasteiger partial charge in [0.2, 0.25) is 0 Å². The van der Waals surface area contributed by atoms with Crippen molar-refractivity contribution in [1.29, 1.82) is 0 Å². The molecule has 0 aliphatic carbocycles. The van der Waals surface area contributed by atoms with Gasteiger partial charge in [-0.3, -0.25) is 4.79 Å². The number of benzene rings is 3. The fourth-order valence-electron chi connectivity index (χ4n) is 3.83. The van der Waals surface area contributed by atoms with E-state index in [-0.39, 0.29) is 5.43 Å². The number of oxazole rings is 1. The second kappa shape index (κ2) is 8.19. The predicted octanol–water partition coefficient (Wildman–Crippen LogP) is 6.05. The topological polar surface area (TPSA) is 68.1 Å². The molecule has 0 aliphatic rings. The lowest BCUT2D eigenvalue weighted by molar-refractivity contribution is 0.304. The van der Waals surface area contributed by atoms with Crippen LogP contribution in [0.4, 0.5) is 0 Å². The van der Waals surface area contributed by atoms with Crippen LogP contribution in [-0.4, -0.2) is 9.97 Å². The second-order valence-corrected chi connectivity index (χ2v) is 7.88. The van der Waals surface area contributed by atoms with Gasteiger partial charge in [-0.25, -0.2) is 4.98 Å². The third-order valence-corrected chi connectivity index (χ3v) is 5.61. The zero-order valence-corrected chi connectivity index (χ0v) is 17.9. The van der Waals surface area contributed by atoms with E-state index >= 15 is 0 Å². The Labute approximate surface area is 185 Å². The molecule has 0 aliphatic heterocycles. The van der Waals surface area contributed by atoms with Gasteiger partial charge in [-0.1, -0.05) is 42.5 Å². The molecule has 5 nitrogen and oxygen atoms in total. The van der Waals surface area contributed by atoms with Crippen molar-refractivity contribution in [3.8, 4) is 28.3 Å². The number of nitrogens with zero attached hydrogens (tertiary/aromatic N) is 1. The number of aryl methyl sites for hydroxylation is 2. The van der Waals surface area contributed by atoms with Crippen LogP contribution in [0.3, 0.4) is 0 Å². The van der Waals surface area contributed by atoms with Gasteiger partial charge >= 0.3 is 0 Å². The third-order valence-electron chi connectivity index (χ3n) is 5.61. The normalized spacial score (nSPS) is 11.1. The minimum absolute atomic E-state index is 0.0538. The van der Waals surface area contributed by atoms with E-state index in [1.807, 2.05) is 74.5 Å². The predicted molar refractivity (Wildman–Crippen MR) is 126 cm³/mol. The Morgan fingerprint density at radius 3 is 2.59 bits per heavy atom. The highest BCUT2D eigenvalue weighted by molar-refractivity contribution is 5.87. The van der Waals surface area contributed by atoms with E-state index in [1.165, 1.54) is 6.39 Å². The monoisotopic (exact) mass is 422 g/mol. The molecule has 3 aromatic carbocycles. The Balaban J connectivity index is 1.52. The van der Waals surface area contributed by atoms with E-state index < -0.39 is 0 Å². The Hall–Kier alpha value is -4.12. The van der Waals surface area contributed by atoms with Crippen molar-refractivity contribution >= 4 is 10.9 Å². The summed E-state index contributed by atoms with van der Waals surface area (Å²) in [7, 11) is 0. The van der Waals surface area contributed by atoms with Crippen LogP contribution in [0, 0.1) is 13.8 Å². The Kier molecular flexibility index (Phi) is 5.07. The summed E-state index contributed by atoms with van der Waals surface area (Å²) in [5.74, 6) is 1.44. The van der Waals surface area contributed by atoms with Crippen molar-refractivity contribution in [2.24, 2.45) is 0 Å². The number of fused-ring (bicyclic) bond motifs is 1. The second-order valence-electron chi connectivity index (χ2n) is 7.88. The summed E-state index contributed by atoms with van der Waals surface area (Å²) in [6, 6.07) is 21.5. The summed E-state index contributed by atoms with van der Waals surface area (Å²) >= 11 is 0. The van der Waals surface area contributed by atoms with Crippen LogP contribution in [0.25, 0.3) is 33.5 Å². The lowest BCUT2D eigenvalue weighted by Gasteiger charge is -2.12. The summed E-state index contributed by atoms with van der Waals surface area (Å²) in [4.78, 5) is 20.4. The van der Waals surface area contributed by atoms with Crippen LogP contribution < -0.4 is 10.2 Å². The van der Waals surface area contributed by atoms with Crippen LogP contribution in [-0.2, 0) is 6.61 Å². The van der Waals surface area contributed by atoms with Crippen molar-refractivity contribution in [1.82, 2.24) is 9.97 Å². The van der Waals surface area contributed by atoms with Gasteiger partial charge in [0.15, 0.2) is 17.6 Å². The summed E-state index contributed by atoms with van der Waals surface area (Å²) in [5.41, 5.74) is 6.38. The molecule has 2 aromatic heterocycles. The van der Waals surface area contributed by atoms with Gasteiger partial charge in [-0.05, 0) is 48.7 Å². The zero-order valence-electron chi connectivity index (χ0n) is 17.9. The lowest BCUT2D eigenvalue weighted by Crippen LogP contribution is -2.04. The largest absolute Gasteiger partial charge is 0.489 e. The summed E-state index contributed by atoms with van der Waals surface area (Å²) in [5, 5.41) is 0.610. The summed E-state index contributed by atoms with van der Waals surface area (Å²) in [6.07, 6.45) is 3.04. The first-order valence-electron chi connectivity index (χ1n) is 10.4. The number of rotatable bonds is 5. The molecule has 0 bridgehead atoms. The molecule has 0 fully saturated rings. The molecule has 5 rings (SSSR count). The first-order valence-corrected chi connectivity index (χ1v) is 10.4. The molecule has 0 saturated carbocycles. The highest BCUT2D eigenvalue weighted by Gasteiger charge is 2.12. The van der Waals surface area contributed by atoms with E-state index in [1.54, 1.807) is 12.3 Å². The molecule has 0 amide bonds. The standard InChI is InChI=1S/C27H22N2O3/c1-17-8-9-20(11-26(17)31-15-19-6-4-3-5-7-19)23-13-25(30)22-12-21(27-14-28-16-32-27)18(2)10-24(22)29-23/h3-14,16H,15H2,1-2H3,(H,29,30). The van der Waals surface area contributed by atoms with Crippen molar-refractivity contribution in [3.63, 3.8) is 0 Å². The number of ether oxygens (including phenoxy) is 1. The van der Waals surface area contributed by atoms with Crippen LogP contribution in [0.2, 0.25) is 0 Å². The average Bonchev–Trinajstić information content (AvgIpc) is 3.33. The number of hydrogen-bond acceptors (Lipinski definition) is 4. The van der Waals surface area contributed by atoms with Gasteiger partial charge in [0.25, 0.3) is 0 Å². The number of aromatic amines is 1. The molecule has 0 radical (unpaired) electrons. The van der Waals surface area contributed by atoms with E-state index in [9.17, 15) is 4.79 Å². The van der Waals surface area contributed by atoms with Crippen molar-refractivity contribution < 1.29 is 9.15 Å². The molecule has 0 spiro atoms. The maximum atomic E-state index is 13.0. The fraction of sp³-hybridized carbons (Fsp3) is 0.111. The number of pyridine rings is 1.